The zero-order chi connectivity index (χ0) is 12.3. The van der Waals surface area contributed by atoms with E-state index in [0.717, 1.165) is 19.4 Å². The van der Waals surface area contributed by atoms with Gasteiger partial charge in [-0.1, -0.05) is 12.1 Å². The highest BCUT2D eigenvalue weighted by molar-refractivity contribution is 5.96. The zero-order valence-corrected chi connectivity index (χ0v) is 9.90. The predicted octanol–water partition coefficient (Wildman–Crippen LogP) is 1.69. The largest absolute Gasteiger partial charge is 0.507 e. The fourth-order valence-corrected chi connectivity index (χ4v) is 2.00. The van der Waals surface area contributed by atoms with E-state index in [0.29, 0.717) is 12.1 Å². The summed E-state index contributed by atoms with van der Waals surface area (Å²) in [6.45, 7) is 3.22. The summed E-state index contributed by atoms with van der Waals surface area (Å²) in [4.78, 5) is 11.8. The zero-order valence-electron chi connectivity index (χ0n) is 9.90. The molecule has 1 aromatic rings. The van der Waals surface area contributed by atoms with Crippen LogP contribution in [-0.2, 0) is 4.74 Å². The fourth-order valence-electron chi connectivity index (χ4n) is 2.00. The van der Waals surface area contributed by atoms with Gasteiger partial charge < -0.3 is 15.2 Å². The first-order chi connectivity index (χ1) is 8.11. The highest BCUT2D eigenvalue weighted by Crippen LogP contribution is 2.24. The van der Waals surface area contributed by atoms with E-state index in [2.05, 4.69) is 5.32 Å². The minimum absolute atomic E-state index is 0.00231. The monoisotopic (exact) mass is 235 g/mol. The first kappa shape index (κ1) is 11.9. The van der Waals surface area contributed by atoms with Crippen molar-refractivity contribution < 1.29 is 14.6 Å². The first-order valence-corrected chi connectivity index (χ1v) is 5.81. The summed E-state index contributed by atoms with van der Waals surface area (Å²) in [7, 11) is 0. The molecular formula is C13H17NO3. The highest BCUT2D eigenvalue weighted by Gasteiger charge is 2.30. The molecule has 17 heavy (non-hydrogen) atoms. The maximum absolute atomic E-state index is 11.8. The number of hydrogen-bond acceptors (Lipinski definition) is 3. The Morgan fingerprint density at radius 1 is 1.53 bits per heavy atom. The van der Waals surface area contributed by atoms with Crippen molar-refractivity contribution in [3.05, 3.63) is 29.8 Å². The van der Waals surface area contributed by atoms with E-state index in [-0.39, 0.29) is 17.3 Å². The van der Waals surface area contributed by atoms with Crippen LogP contribution in [0.15, 0.2) is 24.3 Å². The van der Waals surface area contributed by atoms with Crippen LogP contribution in [0.5, 0.6) is 5.75 Å². The first-order valence-electron chi connectivity index (χ1n) is 5.81. The van der Waals surface area contributed by atoms with Crippen molar-refractivity contribution in [1.29, 1.82) is 0 Å². The van der Waals surface area contributed by atoms with Gasteiger partial charge in [-0.25, -0.2) is 0 Å². The van der Waals surface area contributed by atoms with Crippen LogP contribution in [0.3, 0.4) is 0 Å². The molecule has 1 fully saturated rings. The van der Waals surface area contributed by atoms with E-state index in [9.17, 15) is 9.90 Å². The molecule has 0 bridgehead atoms. The fraction of sp³-hybridized carbons (Fsp3) is 0.462. The number of carbonyl (C=O) groups excluding carboxylic acids is 1. The number of ether oxygens (including phenoxy) is 1. The lowest BCUT2D eigenvalue weighted by molar-refractivity contribution is 0.0205. The molecule has 2 N–H and O–H groups in total. The quantitative estimate of drug-likeness (QED) is 0.838. The maximum atomic E-state index is 11.8. The molecule has 1 unspecified atom stereocenters. The number of phenolic OH excluding ortho intramolecular Hbond substituents is 1. The van der Waals surface area contributed by atoms with Gasteiger partial charge in [0, 0.05) is 13.2 Å². The SMILES string of the molecule is CC1(CNC(=O)c2ccccc2O)CCCO1. The van der Waals surface area contributed by atoms with Gasteiger partial charge in [-0.05, 0) is 31.9 Å². The van der Waals surface area contributed by atoms with Crippen molar-refractivity contribution in [2.24, 2.45) is 0 Å². The van der Waals surface area contributed by atoms with Crippen molar-refractivity contribution in [3.63, 3.8) is 0 Å². The molecular weight excluding hydrogens is 218 g/mol. The molecule has 0 aromatic heterocycles. The molecule has 4 heteroatoms. The number of aromatic hydroxyl groups is 1. The van der Waals surface area contributed by atoms with Gasteiger partial charge in [-0.2, -0.15) is 0 Å². The second-order valence-corrected chi connectivity index (χ2v) is 4.60. The van der Waals surface area contributed by atoms with Crippen molar-refractivity contribution in [2.45, 2.75) is 25.4 Å². The van der Waals surface area contributed by atoms with Crippen LogP contribution in [0.4, 0.5) is 0 Å². The maximum Gasteiger partial charge on any atom is 0.255 e. The molecule has 1 aliphatic heterocycles. The lowest BCUT2D eigenvalue weighted by Gasteiger charge is -2.23. The Labute approximate surface area is 101 Å². The molecule has 1 amide bonds. The normalized spacial score (nSPS) is 23.6. The molecule has 1 atom stereocenters. The molecule has 0 saturated carbocycles. The molecule has 1 heterocycles. The van der Waals surface area contributed by atoms with E-state index >= 15 is 0 Å². The smallest absolute Gasteiger partial charge is 0.255 e. The van der Waals surface area contributed by atoms with Crippen LogP contribution < -0.4 is 5.32 Å². The average Bonchev–Trinajstić information content (AvgIpc) is 2.74. The number of amides is 1. The van der Waals surface area contributed by atoms with Gasteiger partial charge >= 0.3 is 0 Å². The van der Waals surface area contributed by atoms with E-state index in [1.807, 2.05) is 6.92 Å². The Kier molecular flexibility index (Phi) is 3.33. The summed E-state index contributed by atoms with van der Waals surface area (Å²) < 4.78 is 5.58. The number of carbonyl (C=O) groups is 1. The number of para-hydroxylation sites is 1. The number of hydrogen-bond donors (Lipinski definition) is 2. The van der Waals surface area contributed by atoms with Gasteiger partial charge in [-0.15, -0.1) is 0 Å². The lowest BCUT2D eigenvalue weighted by atomic mass is 10.0. The van der Waals surface area contributed by atoms with Gasteiger partial charge in [0.15, 0.2) is 0 Å². The van der Waals surface area contributed by atoms with E-state index < -0.39 is 0 Å². The van der Waals surface area contributed by atoms with Gasteiger partial charge in [0.25, 0.3) is 5.91 Å². The number of nitrogens with one attached hydrogen (secondary N) is 1. The summed E-state index contributed by atoms with van der Waals surface area (Å²) in [5, 5.41) is 12.3. The summed E-state index contributed by atoms with van der Waals surface area (Å²) >= 11 is 0. The number of phenols is 1. The van der Waals surface area contributed by atoms with Crippen molar-refractivity contribution >= 4 is 5.91 Å². The van der Waals surface area contributed by atoms with Crippen LogP contribution >= 0.6 is 0 Å². The molecule has 1 aromatic carbocycles. The Morgan fingerprint density at radius 3 is 2.94 bits per heavy atom. The third-order valence-corrected chi connectivity index (χ3v) is 3.07. The second-order valence-electron chi connectivity index (χ2n) is 4.60. The van der Waals surface area contributed by atoms with Crippen LogP contribution in [0.2, 0.25) is 0 Å². The van der Waals surface area contributed by atoms with Crippen LogP contribution in [0.25, 0.3) is 0 Å². The molecule has 4 nitrogen and oxygen atoms in total. The van der Waals surface area contributed by atoms with E-state index in [1.54, 1.807) is 18.2 Å². The van der Waals surface area contributed by atoms with E-state index in [4.69, 9.17) is 4.74 Å². The Balaban J connectivity index is 1.96. The van der Waals surface area contributed by atoms with Gasteiger partial charge in [0.05, 0.1) is 11.2 Å². The molecule has 0 spiro atoms. The topological polar surface area (TPSA) is 58.6 Å². The minimum Gasteiger partial charge on any atom is -0.507 e. The Hall–Kier alpha value is -1.55. The Morgan fingerprint density at radius 2 is 2.29 bits per heavy atom. The van der Waals surface area contributed by atoms with E-state index in [1.165, 1.54) is 6.07 Å². The molecule has 1 saturated heterocycles. The van der Waals surface area contributed by atoms with Crippen molar-refractivity contribution in [1.82, 2.24) is 5.32 Å². The van der Waals surface area contributed by atoms with Crippen molar-refractivity contribution in [2.75, 3.05) is 13.2 Å². The van der Waals surface area contributed by atoms with Gasteiger partial charge in [0.1, 0.15) is 5.75 Å². The molecule has 1 aliphatic rings. The highest BCUT2D eigenvalue weighted by atomic mass is 16.5. The van der Waals surface area contributed by atoms with Crippen LogP contribution in [0, 0.1) is 0 Å². The second kappa shape index (κ2) is 4.75. The third-order valence-electron chi connectivity index (χ3n) is 3.07. The van der Waals surface area contributed by atoms with Crippen LogP contribution in [0.1, 0.15) is 30.1 Å². The van der Waals surface area contributed by atoms with Gasteiger partial charge in [-0.3, -0.25) is 4.79 Å². The summed E-state index contributed by atoms with van der Waals surface area (Å²) in [5.74, 6) is -0.262. The standard InChI is InChI=1S/C13H17NO3/c1-13(7-4-8-17-13)9-14-12(16)10-5-2-3-6-11(10)15/h2-3,5-6,15H,4,7-9H2,1H3,(H,14,16). The molecule has 2 rings (SSSR count). The molecule has 92 valence electrons. The summed E-state index contributed by atoms with van der Waals surface area (Å²) in [6.07, 6.45) is 1.98. The predicted molar refractivity (Wildman–Crippen MR) is 64.0 cm³/mol. The van der Waals surface area contributed by atoms with Gasteiger partial charge in [0.2, 0.25) is 0 Å². The van der Waals surface area contributed by atoms with Crippen molar-refractivity contribution in [3.8, 4) is 5.75 Å². The molecule has 0 aliphatic carbocycles. The minimum atomic E-state index is -0.264. The van der Waals surface area contributed by atoms with Crippen LogP contribution in [-0.4, -0.2) is 29.8 Å². The summed E-state index contributed by atoms with van der Waals surface area (Å²) in [5.41, 5.74) is 0.0363. The average molecular weight is 235 g/mol. The Bertz CT molecular complexity index is 411. The molecule has 0 radical (unpaired) electrons. The third kappa shape index (κ3) is 2.77. The number of benzene rings is 1. The number of rotatable bonds is 3. The lowest BCUT2D eigenvalue weighted by Crippen LogP contribution is -2.40. The summed E-state index contributed by atoms with van der Waals surface area (Å²) in [6, 6.07) is 6.52.